The largest absolute Gasteiger partial charge is 0.497 e. The van der Waals surface area contributed by atoms with E-state index >= 15 is 0 Å². The Morgan fingerprint density at radius 2 is 1.73 bits per heavy atom. The van der Waals surface area contributed by atoms with Gasteiger partial charge in [-0.25, -0.2) is 4.79 Å². The second kappa shape index (κ2) is 9.87. The summed E-state index contributed by atoms with van der Waals surface area (Å²) in [4.78, 5) is 25.2. The molecule has 2 rings (SSSR count). The Hall–Kier alpha value is -2.47. The van der Waals surface area contributed by atoms with Gasteiger partial charge in [0.15, 0.2) is 6.10 Å². The quantitative estimate of drug-likeness (QED) is 0.568. The van der Waals surface area contributed by atoms with Crippen LogP contribution < -0.4 is 10.1 Å². The smallest absolute Gasteiger partial charge is 0.338 e. The number of thioether (sulfide) groups is 1. The zero-order chi connectivity index (χ0) is 18.9. The normalized spacial score (nSPS) is 11.5. The molecule has 0 aromatic heterocycles. The fraction of sp³-hybridized carbons (Fsp3) is 0.300. The first kappa shape index (κ1) is 19.8. The summed E-state index contributed by atoms with van der Waals surface area (Å²) in [6.07, 6.45) is 1.80. The van der Waals surface area contributed by atoms with E-state index in [1.165, 1.54) is 0 Å². The molecule has 0 aliphatic rings. The number of methoxy groups -OCH3 is 1. The zero-order valence-electron chi connectivity index (χ0n) is 15.2. The van der Waals surface area contributed by atoms with Crippen molar-refractivity contribution in [3.63, 3.8) is 0 Å². The molecule has 1 atom stereocenters. The van der Waals surface area contributed by atoms with Gasteiger partial charge < -0.3 is 14.8 Å². The molecule has 0 aliphatic carbocycles. The lowest BCUT2D eigenvalue weighted by Gasteiger charge is -2.14. The molecule has 26 heavy (non-hydrogen) atoms. The minimum atomic E-state index is -0.849. The van der Waals surface area contributed by atoms with Crippen molar-refractivity contribution in [3.05, 3.63) is 59.7 Å². The van der Waals surface area contributed by atoms with Gasteiger partial charge >= 0.3 is 5.97 Å². The van der Waals surface area contributed by atoms with Crippen molar-refractivity contribution in [2.75, 3.05) is 19.9 Å². The summed E-state index contributed by atoms with van der Waals surface area (Å²) in [5, 5.41) is 2.78. The van der Waals surface area contributed by atoms with Crippen LogP contribution in [0.3, 0.4) is 0 Å². The summed E-state index contributed by atoms with van der Waals surface area (Å²) in [7, 11) is 1.62. The van der Waals surface area contributed by atoms with Crippen molar-refractivity contribution in [2.45, 2.75) is 24.3 Å². The summed E-state index contributed by atoms with van der Waals surface area (Å²) < 4.78 is 10.3. The van der Waals surface area contributed by atoms with E-state index < -0.39 is 12.1 Å². The molecule has 0 spiro atoms. The van der Waals surface area contributed by atoms with Crippen LogP contribution in [0.5, 0.6) is 5.75 Å². The molecule has 2 aromatic carbocycles. The van der Waals surface area contributed by atoms with Gasteiger partial charge in [-0.2, -0.15) is 0 Å². The molecular weight excluding hydrogens is 350 g/mol. The zero-order valence-corrected chi connectivity index (χ0v) is 16.0. The molecule has 0 saturated carbocycles. The highest BCUT2D eigenvalue weighted by Gasteiger charge is 2.18. The fourth-order valence-corrected chi connectivity index (χ4v) is 2.68. The van der Waals surface area contributed by atoms with E-state index in [1.807, 2.05) is 42.7 Å². The Morgan fingerprint density at radius 3 is 2.31 bits per heavy atom. The predicted octanol–water partition coefficient (Wildman–Crippen LogP) is 3.32. The molecule has 1 N–H and O–H groups in total. The Kier molecular flexibility index (Phi) is 7.53. The van der Waals surface area contributed by atoms with Crippen molar-refractivity contribution in [1.29, 1.82) is 0 Å². The molecule has 0 unspecified atom stereocenters. The van der Waals surface area contributed by atoms with E-state index in [2.05, 4.69) is 5.32 Å². The van der Waals surface area contributed by atoms with Crippen LogP contribution in [0, 0.1) is 0 Å². The average molecular weight is 373 g/mol. The molecule has 0 heterocycles. The number of amides is 1. The average Bonchev–Trinajstić information content (AvgIpc) is 2.68. The van der Waals surface area contributed by atoms with Crippen LogP contribution in [0.2, 0.25) is 0 Å². The van der Waals surface area contributed by atoms with Gasteiger partial charge in [-0.3, -0.25) is 4.79 Å². The highest BCUT2D eigenvalue weighted by Crippen LogP contribution is 2.16. The number of ether oxygens (including phenoxy) is 2. The maximum absolute atomic E-state index is 12.1. The van der Waals surface area contributed by atoms with Crippen molar-refractivity contribution in [3.8, 4) is 5.75 Å². The standard InChI is InChI=1S/C20H23NO4S/c1-14(25-20(23)16-6-10-18(26-3)11-7-16)19(22)21-13-12-15-4-8-17(24-2)9-5-15/h4-11,14H,12-13H2,1-3H3,(H,21,22)/t14-/m1/s1. The molecule has 6 heteroatoms. The number of rotatable bonds is 8. The van der Waals surface area contributed by atoms with Crippen LogP contribution in [0.25, 0.3) is 0 Å². The van der Waals surface area contributed by atoms with Crippen molar-refractivity contribution in [1.82, 2.24) is 5.32 Å². The van der Waals surface area contributed by atoms with E-state index in [9.17, 15) is 9.59 Å². The van der Waals surface area contributed by atoms with Crippen LogP contribution in [0.4, 0.5) is 0 Å². The third kappa shape index (κ3) is 5.81. The van der Waals surface area contributed by atoms with E-state index in [0.29, 0.717) is 18.5 Å². The van der Waals surface area contributed by atoms with E-state index in [0.717, 1.165) is 16.2 Å². The number of nitrogens with one attached hydrogen (secondary N) is 1. The van der Waals surface area contributed by atoms with Gasteiger partial charge in [0.25, 0.3) is 5.91 Å². The lowest BCUT2D eigenvalue weighted by atomic mass is 10.1. The molecule has 0 saturated heterocycles. The summed E-state index contributed by atoms with van der Waals surface area (Å²) in [6.45, 7) is 2.03. The van der Waals surface area contributed by atoms with Gasteiger partial charge in [-0.05, 0) is 61.6 Å². The molecular formula is C20H23NO4S. The highest BCUT2D eigenvalue weighted by molar-refractivity contribution is 7.98. The summed E-state index contributed by atoms with van der Waals surface area (Å²) in [6, 6.07) is 14.7. The van der Waals surface area contributed by atoms with Gasteiger partial charge in [0, 0.05) is 11.4 Å². The van der Waals surface area contributed by atoms with Gasteiger partial charge in [0.2, 0.25) is 0 Å². The van der Waals surface area contributed by atoms with Crippen molar-refractivity contribution < 1.29 is 19.1 Å². The SMILES string of the molecule is COc1ccc(CCNC(=O)[C@@H](C)OC(=O)c2ccc(SC)cc2)cc1. The number of carbonyl (C=O) groups excluding carboxylic acids is 2. The predicted molar refractivity (Wildman–Crippen MR) is 103 cm³/mol. The van der Waals surface area contributed by atoms with Crippen molar-refractivity contribution in [2.24, 2.45) is 0 Å². The Bertz CT molecular complexity index is 728. The minimum absolute atomic E-state index is 0.312. The van der Waals surface area contributed by atoms with E-state index in [4.69, 9.17) is 9.47 Å². The number of esters is 1. The van der Waals surface area contributed by atoms with Crippen LogP contribution in [0.15, 0.2) is 53.4 Å². The number of hydrogen-bond donors (Lipinski definition) is 1. The Labute approximate surface area is 158 Å². The van der Waals surface area contributed by atoms with Crippen LogP contribution >= 0.6 is 11.8 Å². The molecule has 0 radical (unpaired) electrons. The first-order valence-corrected chi connectivity index (χ1v) is 9.51. The van der Waals surface area contributed by atoms with Gasteiger partial charge in [0.05, 0.1) is 12.7 Å². The number of carbonyl (C=O) groups is 2. The topological polar surface area (TPSA) is 64.6 Å². The molecule has 0 aliphatic heterocycles. The number of benzene rings is 2. The molecule has 1 amide bonds. The first-order chi connectivity index (χ1) is 12.5. The second-order valence-corrected chi connectivity index (χ2v) is 6.54. The number of hydrogen-bond acceptors (Lipinski definition) is 5. The lowest BCUT2D eigenvalue weighted by Crippen LogP contribution is -2.36. The highest BCUT2D eigenvalue weighted by atomic mass is 32.2. The molecule has 0 bridgehead atoms. The summed E-state index contributed by atoms with van der Waals surface area (Å²) >= 11 is 1.59. The second-order valence-electron chi connectivity index (χ2n) is 5.67. The third-order valence-electron chi connectivity index (χ3n) is 3.85. The van der Waals surface area contributed by atoms with Gasteiger partial charge in [0.1, 0.15) is 5.75 Å². The van der Waals surface area contributed by atoms with Crippen LogP contribution in [-0.4, -0.2) is 37.9 Å². The third-order valence-corrected chi connectivity index (χ3v) is 4.59. The Balaban J connectivity index is 1.77. The molecule has 2 aromatic rings. The summed E-state index contributed by atoms with van der Waals surface area (Å²) in [5.74, 6) is -0.0214. The minimum Gasteiger partial charge on any atom is -0.497 e. The maximum atomic E-state index is 12.1. The maximum Gasteiger partial charge on any atom is 0.338 e. The monoisotopic (exact) mass is 373 g/mol. The Morgan fingerprint density at radius 1 is 1.08 bits per heavy atom. The fourth-order valence-electron chi connectivity index (χ4n) is 2.28. The van der Waals surface area contributed by atoms with Gasteiger partial charge in [-0.1, -0.05) is 12.1 Å². The van der Waals surface area contributed by atoms with Crippen LogP contribution in [-0.2, 0) is 16.0 Å². The molecule has 0 fully saturated rings. The summed E-state index contributed by atoms with van der Waals surface area (Å²) in [5.41, 5.74) is 1.52. The van der Waals surface area contributed by atoms with E-state index in [-0.39, 0.29) is 5.91 Å². The lowest BCUT2D eigenvalue weighted by molar-refractivity contribution is -0.129. The molecule has 138 valence electrons. The van der Waals surface area contributed by atoms with Crippen LogP contribution in [0.1, 0.15) is 22.8 Å². The first-order valence-electron chi connectivity index (χ1n) is 8.29. The molecule has 5 nitrogen and oxygen atoms in total. The van der Waals surface area contributed by atoms with Crippen molar-refractivity contribution >= 4 is 23.6 Å². The van der Waals surface area contributed by atoms with E-state index in [1.54, 1.807) is 37.9 Å². The van der Waals surface area contributed by atoms with Gasteiger partial charge in [-0.15, -0.1) is 11.8 Å².